The second-order valence-corrected chi connectivity index (χ2v) is 7.29. The van der Waals surface area contributed by atoms with Crippen molar-refractivity contribution in [3.8, 4) is 11.5 Å². The molecule has 0 aliphatic carbocycles. The maximum absolute atomic E-state index is 12.2. The third kappa shape index (κ3) is 3.47. The molecule has 2 aromatic carbocycles. The van der Waals surface area contributed by atoms with Gasteiger partial charge in [0.2, 0.25) is 0 Å². The summed E-state index contributed by atoms with van der Waals surface area (Å²) in [6.07, 6.45) is 1.53. The summed E-state index contributed by atoms with van der Waals surface area (Å²) in [7, 11) is 0. The summed E-state index contributed by atoms with van der Waals surface area (Å²) in [5.74, 6) is 1.12. The molecular weight excluding hydrogens is 468 g/mol. The molecule has 1 aliphatic heterocycles. The van der Waals surface area contributed by atoms with Crippen LogP contribution < -0.4 is 14.9 Å². The molecular formula is C18H12Br2N2O4. The van der Waals surface area contributed by atoms with Crippen LogP contribution >= 0.6 is 31.9 Å². The predicted octanol–water partition coefficient (Wildman–Crippen LogP) is 4.49. The van der Waals surface area contributed by atoms with E-state index in [4.69, 9.17) is 13.9 Å². The van der Waals surface area contributed by atoms with Crippen molar-refractivity contribution < 1.29 is 18.7 Å². The number of hydrogen-bond acceptors (Lipinski definition) is 5. The lowest BCUT2D eigenvalue weighted by Gasteiger charge is -2.18. The van der Waals surface area contributed by atoms with Crippen LogP contribution in [0, 0.1) is 0 Å². The van der Waals surface area contributed by atoms with Crippen molar-refractivity contribution in [2.75, 3.05) is 13.2 Å². The zero-order valence-corrected chi connectivity index (χ0v) is 16.5. The molecule has 0 bridgehead atoms. The van der Waals surface area contributed by atoms with Gasteiger partial charge in [-0.05, 0) is 57.9 Å². The Morgan fingerprint density at radius 3 is 2.73 bits per heavy atom. The highest BCUT2D eigenvalue weighted by molar-refractivity contribution is 9.11. The van der Waals surface area contributed by atoms with E-state index in [0.717, 1.165) is 19.9 Å². The Hall–Kier alpha value is -2.32. The topological polar surface area (TPSA) is 73.1 Å². The SMILES string of the molecule is O=C(N/N=C\c1ccc2c(c1)OCCO2)c1cc2cc(Br)cc(Br)c2o1. The minimum Gasteiger partial charge on any atom is -0.486 e. The number of nitrogens with zero attached hydrogens (tertiary/aromatic N) is 1. The van der Waals surface area contributed by atoms with Gasteiger partial charge in [0, 0.05) is 9.86 Å². The Morgan fingerprint density at radius 2 is 1.88 bits per heavy atom. The molecule has 0 spiro atoms. The first-order valence-electron chi connectivity index (χ1n) is 7.72. The Kier molecular flexibility index (Phi) is 4.69. The number of nitrogens with one attached hydrogen (secondary N) is 1. The van der Waals surface area contributed by atoms with Crippen LogP contribution in [0.5, 0.6) is 11.5 Å². The van der Waals surface area contributed by atoms with Gasteiger partial charge in [-0.2, -0.15) is 5.10 Å². The normalized spacial score (nSPS) is 13.3. The smallest absolute Gasteiger partial charge is 0.307 e. The van der Waals surface area contributed by atoms with Crippen LogP contribution in [0.15, 0.2) is 54.9 Å². The second-order valence-electron chi connectivity index (χ2n) is 5.52. The maximum atomic E-state index is 12.2. The summed E-state index contributed by atoms with van der Waals surface area (Å²) in [4.78, 5) is 12.2. The predicted molar refractivity (Wildman–Crippen MR) is 104 cm³/mol. The molecule has 1 amide bonds. The van der Waals surface area contributed by atoms with Crippen molar-refractivity contribution in [3.63, 3.8) is 0 Å². The summed E-state index contributed by atoms with van der Waals surface area (Å²) in [5, 5.41) is 4.79. The molecule has 0 radical (unpaired) electrons. The number of carbonyl (C=O) groups is 1. The Morgan fingerprint density at radius 1 is 1.08 bits per heavy atom. The molecule has 132 valence electrons. The molecule has 6 nitrogen and oxygen atoms in total. The van der Waals surface area contributed by atoms with Crippen LogP contribution in [-0.2, 0) is 0 Å². The van der Waals surface area contributed by atoms with E-state index in [-0.39, 0.29) is 5.76 Å². The molecule has 3 aromatic rings. The Balaban J connectivity index is 1.48. The molecule has 1 N–H and O–H groups in total. The van der Waals surface area contributed by atoms with Gasteiger partial charge >= 0.3 is 5.91 Å². The average molecular weight is 480 g/mol. The van der Waals surface area contributed by atoms with Gasteiger partial charge in [0.15, 0.2) is 17.3 Å². The number of hydrazone groups is 1. The molecule has 0 fully saturated rings. The molecule has 26 heavy (non-hydrogen) atoms. The van der Waals surface area contributed by atoms with E-state index in [1.165, 1.54) is 6.21 Å². The van der Waals surface area contributed by atoms with Gasteiger partial charge in [-0.25, -0.2) is 5.43 Å². The summed E-state index contributed by atoms with van der Waals surface area (Å²) in [6.45, 7) is 1.06. The quantitative estimate of drug-likeness (QED) is 0.443. The van der Waals surface area contributed by atoms with Crippen molar-refractivity contribution >= 4 is 55.0 Å². The lowest BCUT2D eigenvalue weighted by molar-refractivity contribution is 0.0929. The minimum atomic E-state index is -0.432. The summed E-state index contributed by atoms with van der Waals surface area (Å²) in [6, 6.07) is 10.8. The minimum absolute atomic E-state index is 0.179. The van der Waals surface area contributed by atoms with Crippen molar-refractivity contribution in [3.05, 3.63) is 56.7 Å². The third-order valence-electron chi connectivity index (χ3n) is 3.71. The largest absolute Gasteiger partial charge is 0.486 e. The van der Waals surface area contributed by atoms with Gasteiger partial charge < -0.3 is 13.9 Å². The monoisotopic (exact) mass is 478 g/mol. The first-order chi connectivity index (χ1) is 12.6. The molecule has 0 saturated carbocycles. The van der Waals surface area contributed by atoms with E-state index in [9.17, 15) is 4.79 Å². The van der Waals surface area contributed by atoms with Crippen molar-refractivity contribution in [1.29, 1.82) is 0 Å². The second kappa shape index (κ2) is 7.13. The van der Waals surface area contributed by atoms with Gasteiger partial charge in [0.05, 0.1) is 10.7 Å². The molecule has 0 atom stereocenters. The van der Waals surface area contributed by atoms with Crippen molar-refractivity contribution in [2.45, 2.75) is 0 Å². The Bertz CT molecular complexity index is 1030. The molecule has 1 aromatic heterocycles. The first-order valence-corrected chi connectivity index (χ1v) is 9.30. The summed E-state index contributed by atoms with van der Waals surface area (Å²) < 4.78 is 18.2. The van der Waals surface area contributed by atoms with Crippen LogP contribution in [-0.4, -0.2) is 25.3 Å². The number of amides is 1. The number of fused-ring (bicyclic) bond motifs is 2. The number of benzene rings is 2. The lowest BCUT2D eigenvalue weighted by Crippen LogP contribution is -2.17. The zero-order valence-electron chi connectivity index (χ0n) is 13.3. The fraction of sp³-hybridized carbons (Fsp3) is 0.111. The fourth-order valence-electron chi connectivity index (χ4n) is 2.55. The van der Waals surface area contributed by atoms with Gasteiger partial charge in [-0.3, -0.25) is 4.79 Å². The fourth-order valence-corrected chi connectivity index (χ4v) is 3.89. The summed E-state index contributed by atoms with van der Waals surface area (Å²) >= 11 is 6.82. The van der Waals surface area contributed by atoms with Gasteiger partial charge in [0.25, 0.3) is 0 Å². The third-order valence-corrected chi connectivity index (χ3v) is 4.75. The standard InChI is InChI=1S/C18H12Br2N2O4/c19-12-6-11-7-16(26-17(11)13(20)8-12)18(23)22-21-9-10-1-2-14-15(5-10)25-4-3-24-14/h1-2,5-9H,3-4H2,(H,22,23)/b21-9-. The molecule has 1 aliphatic rings. The van der Waals surface area contributed by atoms with Gasteiger partial charge in [-0.1, -0.05) is 15.9 Å². The van der Waals surface area contributed by atoms with Crippen LogP contribution in [0.3, 0.4) is 0 Å². The Labute approximate surface area is 165 Å². The van der Waals surface area contributed by atoms with E-state index in [1.54, 1.807) is 12.1 Å². The zero-order chi connectivity index (χ0) is 18.1. The number of carbonyl (C=O) groups excluding carboxylic acids is 1. The number of ether oxygens (including phenoxy) is 2. The van der Waals surface area contributed by atoms with Crippen LogP contribution in [0.1, 0.15) is 16.1 Å². The van der Waals surface area contributed by atoms with E-state index in [0.29, 0.717) is 30.3 Å². The van der Waals surface area contributed by atoms with Crippen molar-refractivity contribution in [2.24, 2.45) is 5.10 Å². The van der Waals surface area contributed by atoms with Gasteiger partial charge in [0.1, 0.15) is 18.8 Å². The number of halogens is 2. The van der Waals surface area contributed by atoms with E-state index in [2.05, 4.69) is 42.4 Å². The molecule has 2 heterocycles. The lowest BCUT2D eigenvalue weighted by atomic mass is 10.2. The highest BCUT2D eigenvalue weighted by Crippen LogP contribution is 2.31. The van der Waals surface area contributed by atoms with Crippen LogP contribution in [0.2, 0.25) is 0 Å². The van der Waals surface area contributed by atoms with Gasteiger partial charge in [-0.15, -0.1) is 0 Å². The van der Waals surface area contributed by atoms with E-state index in [1.807, 2.05) is 24.3 Å². The molecule has 4 rings (SSSR count). The number of hydrogen-bond donors (Lipinski definition) is 1. The molecule has 0 unspecified atom stereocenters. The average Bonchev–Trinajstić information content (AvgIpc) is 3.06. The summed E-state index contributed by atoms with van der Waals surface area (Å²) in [5.41, 5.74) is 3.85. The highest BCUT2D eigenvalue weighted by Gasteiger charge is 2.14. The first kappa shape index (κ1) is 17.1. The number of furan rings is 1. The molecule has 0 saturated heterocycles. The highest BCUT2D eigenvalue weighted by atomic mass is 79.9. The van der Waals surface area contributed by atoms with Crippen LogP contribution in [0.25, 0.3) is 11.0 Å². The number of rotatable bonds is 3. The van der Waals surface area contributed by atoms with E-state index < -0.39 is 5.91 Å². The van der Waals surface area contributed by atoms with E-state index >= 15 is 0 Å². The molecule has 8 heteroatoms. The van der Waals surface area contributed by atoms with Crippen LogP contribution in [0.4, 0.5) is 0 Å². The van der Waals surface area contributed by atoms with Crippen molar-refractivity contribution in [1.82, 2.24) is 5.43 Å². The maximum Gasteiger partial charge on any atom is 0.307 e.